The third-order valence-corrected chi connectivity index (χ3v) is 4.68. The van der Waals surface area contributed by atoms with Crippen LogP contribution >= 0.6 is 0 Å². The summed E-state index contributed by atoms with van der Waals surface area (Å²) in [7, 11) is 0. The van der Waals surface area contributed by atoms with Crippen LogP contribution in [0.1, 0.15) is 63.2 Å². The minimum absolute atomic E-state index is 0.359. The van der Waals surface area contributed by atoms with E-state index in [2.05, 4.69) is 43.0 Å². The first-order valence-corrected chi connectivity index (χ1v) is 8.25. The fourth-order valence-corrected chi connectivity index (χ4v) is 3.29. The normalized spacial score (nSPS) is 18.4. The number of aliphatic hydroxyl groups excluding tert-OH is 1. The smallest absolute Gasteiger partial charge is 0.0917 e. The highest BCUT2D eigenvalue weighted by Crippen LogP contribution is 2.24. The van der Waals surface area contributed by atoms with Gasteiger partial charge in [0.15, 0.2) is 0 Å². The molecule has 0 spiro atoms. The summed E-state index contributed by atoms with van der Waals surface area (Å²) >= 11 is 0. The van der Waals surface area contributed by atoms with Crippen LogP contribution in [0.3, 0.4) is 0 Å². The van der Waals surface area contributed by atoms with E-state index < -0.39 is 0 Å². The Bertz CT molecular complexity index is 381. The van der Waals surface area contributed by atoms with Gasteiger partial charge in [0.25, 0.3) is 0 Å². The topological polar surface area (TPSA) is 23.5 Å². The van der Waals surface area contributed by atoms with Gasteiger partial charge in [-0.3, -0.25) is 4.90 Å². The lowest BCUT2D eigenvalue weighted by Gasteiger charge is -2.34. The Kier molecular flexibility index (Phi) is 6.06. The summed E-state index contributed by atoms with van der Waals surface area (Å²) in [4.78, 5) is 2.47. The van der Waals surface area contributed by atoms with Gasteiger partial charge in [0.1, 0.15) is 0 Å². The molecule has 2 rings (SSSR count). The molecular weight excluding hydrogens is 246 g/mol. The molecule has 0 saturated heterocycles. The predicted octanol–water partition coefficient (Wildman–Crippen LogP) is 3.94. The van der Waals surface area contributed by atoms with E-state index in [0.29, 0.717) is 6.04 Å². The average Bonchev–Trinajstić information content (AvgIpc) is 2.53. The van der Waals surface area contributed by atoms with Crippen molar-refractivity contribution in [1.29, 1.82) is 0 Å². The van der Waals surface area contributed by atoms with E-state index in [1.54, 1.807) is 0 Å². The van der Waals surface area contributed by atoms with Crippen molar-refractivity contribution in [2.24, 2.45) is 0 Å². The van der Waals surface area contributed by atoms with Gasteiger partial charge < -0.3 is 5.11 Å². The molecule has 1 saturated carbocycles. The van der Waals surface area contributed by atoms with Crippen molar-refractivity contribution in [3.63, 3.8) is 0 Å². The number of rotatable bonds is 6. The summed E-state index contributed by atoms with van der Waals surface area (Å²) in [5.74, 6) is 0. The van der Waals surface area contributed by atoms with E-state index in [-0.39, 0.29) is 6.10 Å². The molecule has 0 heterocycles. The minimum atomic E-state index is -0.359. The van der Waals surface area contributed by atoms with Crippen LogP contribution in [0.15, 0.2) is 24.3 Å². The van der Waals surface area contributed by atoms with Crippen LogP contribution in [0, 0.1) is 0 Å². The van der Waals surface area contributed by atoms with Gasteiger partial charge in [-0.1, -0.05) is 57.4 Å². The molecule has 112 valence electrons. The average molecular weight is 275 g/mol. The fourth-order valence-electron chi connectivity index (χ4n) is 3.29. The Morgan fingerprint density at radius 3 is 2.30 bits per heavy atom. The Morgan fingerprint density at radius 2 is 1.75 bits per heavy atom. The molecule has 20 heavy (non-hydrogen) atoms. The number of benzene rings is 1. The summed E-state index contributed by atoms with van der Waals surface area (Å²) in [6.45, 7) is 6.18. The van der Waals surface area contributed by atoms with Crippen molar-refractivity contribution in [2.75, 3.05) is 13.1 Å². The van der Waals surface area contributed by atoms with Gasteiger partial charge in [0.2, 0.25) is 0 Å². The molecule has 0 bridgehead atoms. The highest BCUT2D eigenvalue weighted by molar-refractivity contribution is 5.24. The molecule has 0 radical (unpaired) electrons. The van der Waals surface area contributed by atoms with Gasteiger partial charge in [-0.25, -0.2) is 0 Å². The number of likely N-dealkylation sites (N-methyl/N-ethyl adjacent to an activating group) is 1. The maximum Gasteiger partial charge on any atom is 0.0917 e. The van der Waals surface area contributed by atoms with E-state index in [0.717, 1.165) is 25.1 Å². The molecular formula is C18H29NO. The second kappa shape index (κ2) is 7.80. The number of aryl methyl sites for hydroxylation is 1. The summed E-state index contributed by atoms with van der Waals surface area (Å²) in [5.41, 5.74) is 2.39. The van der Waals surface area contributed by atoms with Crippen LogP contribution in [0.5, 0.6) is 0 Å². The number of hydrogen-bond donors (Lipinski definition) is 1. The van der Waals surface area contributed by atoms with Gasteiger partial charge in [-0.2, -0.15) is 0 Å². The first kappa shape index (κ1) is 15.5. The van der Waals surface area contributed by atoms with E-state index >= 15 is 0 Å². The van der Waals surface area contributed by atoms with Gasteiger partial charge >= 0.3 is 0 Å². The van der Waals surface area contributed by atoms with Crippen molar-refractivity contribution < 1.29 is 5.11 Å². The second-order valence-electron chi connectivity index (χ2n) is 5.99. The molecule has 1 aliphatic carbocycles. The van der Waals surface area contributed by atoms with Crippen LogP contribution in [-0.4, -0.2) is 29.1 Å². The summed E-state index contributed by atoms with van der Waals surface area (Å²) < 4.78 is 0. The number of hydrogen-bond acceptors (Lipinski definition) is 2. The Balaban J connectivity index is 1.94. The lowest BCUT2D eigenvalue weighted by atomic mass is 9.93. The minimum Gasteiger partial charge on any atom is -0.387 e. The molecule has 1 fully saturated rings. The van der Waals surface area contributed by atoms with E-state index in [4.69, 9.17) is 0 Å². The largest absolute Gasteiger partial charge is 0.387 e. The third kappa shape index (κ3) is 4.07. The number of nitrogens with zero attached hydrogens (tertiary/aromatic N) is 1. The quantitative estimate of drug-likeness (QED) is 0.850. The molecule has 1 N–H and O–H groups in total. The lowest BCUT2D eigenvalue weighted by Crippen LogP contribution is -2.39. The summed E-state index contributed by atoms with van der Waals surface area (Å²) in [6.07, 6.45) is 7.38. The Hall–Kier alpha value is -0.860. The lowest BCUT2D eigenvalue weighted by molar-refractivity contribution is 0.0766. The highest BCUT2D eigenvalue weighted by Gasteiger charge is 2.22. The zero-order chi connectivity index (χ0) is 14.4. The SMILES string of the molecule is CCc1ccc(C(O)CN(CC)C2CCCCC2)cc1. The highest BCUT2D eigenvalue weighted by atomic mass is 16.3. The Labute approximate surface area is 123 Å². The third-order valence-electron chi connectivity index (χ3n) is 4.68. The molecule has 0 aliphatic heterocycles. The van der Waals surface area contributed by atoms with Crippen molar-refractivity contribution >= 4 is 0 Å². The maximum atomic E-state index is 10.5. The van der Waals surface area contributed by atoms with Gasteiger partial charge in [-0.05, 0) is 36.9 Å². The molecule has 1 aromatic carbocycles. The fraction of sp³-hybridized carbons (Fsp3) is 0.667. The standard InChI is InChI=1S/C18H29NO/c1-3-15-10-12-16(13-11-15)18(20)14-19(4-2)17-8-6-5-7-9-17/h10-13,17-18,20H,3-9,14H2,1-2H3. The monoisotopic (exact) mass is 275 g/mol. The van der Waals surface area contributed by atoms with Gasteiger partial charge in [0.05, 0.1) is 6.10 Å². The Morgan fingerprint density at radius 1 is 1.10 bits per heavy atom. The van der Waals surface area contributed by atoms with Gasteiger partial charge in [0, 0.05) is 12.6 Å². The molecule has 2 heteroatoms. The summed E-state index contributed by atoms with van der Waals surface area (Å²) in [5, 5.41) is 10.5. The van der Waals surface area contributed by atoms with Crippen molar-refractivity contribution in [3.8, 4) is 0 Å². The second-order valence-corrected chi connectivity index (χ2v) is 5.99. The predicted molar refractivity (Wildman–Crippen MR) is 84.9 cm³/mol. The van der Waals surface area contributed by atoms with Crippen LogP contribution in [0.4, 0.5) is 0 Å². The zero-order valence-electron chi connectivity index (χ0n) is 13.0. The zero-order valence-corrected chi connectivity index (χ0v) is 13.0. The molecule has 1 atom stereocenters. The van der Waals surface area contributed by atoms with Crippen LogP contribution in [0.25, 0.3) is 0 Å². The van der Waals surface area contributed by atoms with Crippen LogP contribution in [0.2, 0.25) is 0 Å². The van der Waals surface area contributed by atoms with E-state index in [9.17, 15) is 5.11 Å². The van der Waals surface area contributed by atoms with Crippen molar-refractivity contribution in [2.45, 2.75) is 64.5 Å². The summed E-state index contributed by atoms with van der Waals surface area (Å²) in [6, 6.07) is 9.11. The first-order valence-electron chi connectivity index (χ1n) is 8.25. The van der Waals surface area contributed by atoms with Crippen molar-refractivity contribution in [1.82, 2.24) is 4.90 Å². The van der Waals surface area contributed by atoms with Crippen LogP contribution in [-0.2, 0) is 6.42 Å². The number of aliphatic hydroxyl groups is 1. The molecule has 1 aliphatic rings. The van der Waals surface area contributed by atoms with Crippen LogP contribution < -0.4 is 0 Å². The van der Waals surface area contributed by atoms with E-state index in [1.165, 1.54) is 37.7 Å². The molecule has 0 aromatic heterocycles. The molecule has 0 amide bonds. The molecule has 1 unspecified atom stereocenters. The van der Waals surface area contributed by atoms with E-state index in [1.807, 2.05) is 0 Å². The first-order chi connectivity index (χ1) is 9.74. The van der Waals surface area contributed by atoms with Gasteiger partial charge in [-0.15, -0.1) is 0 Å². The maximum absolute atomic E-state index is 10.5. The molecule has 2 nitrogen and oxygen atoms in total. The van der Waals surface area contributed by atoms with Crippen molar-refractivity contribution in [3.05, 3.63) is 35.4 Å². The molecule has 1 aromatic rings.